The summed E-state index contributed by atoms with van der Waals surface area (Å²) in [6.07, 6.45) is 5.34. The van der Waals surface area contributed by atoms with Crippen LogP contribution in [-0.2, 0) is 0 Å². The van der Waals surface area contributed by atoms with E-state index < -0.39 is 0 Å². The molecular weight excluding hydrogens is 383 g/mol. The lowest BCUT2D eigenvalue weighted by Gasteiger charge is -2.37. The Bertz CT molecular complexity index is 648. The Balaban J connectivity index is 1.70. The lowest BCUT2D eigenvalue weighted by Crippen LogP contribution is -2.30. The van der Waals surface area contributed by atoms with Crippen molar-refractivity contribution in [3.8, 4) is 5.75 Å². The topological polar surface area (TPSA) is 9.23 Å². The molecule has 118 valence electrons. The minimum Gasteiger partial charge on any atom is -0.490 e. The van der Waals surface area contributed by atoms with E-state index in [0.717, 1.165) is 11.7 Å². The Morgan fingerprint density at radius 2 is 1.68 bits per heavy atom. The van der Waals surface area contributed by atoms with Gasteiger partial charge < -0.3 is 4.74 Å². The van der Waals surface area contributed by atoms with Gasteiger partial charge in [0, 0.05) is 3.57 Å². The quantitative estimate of drug-likeness (QED) is 0.521. The third kappa shape index (κ3) is 3.58. The minimum absolute atomic E-state index is 0.385. The molecule has 1 fully saturated rings. The molecule has 0 atom stereocenters. The Hall–Kier alpha value is -0.770. The zero-order valence-corrected chi connectivity index (χ0v) is 15.9. The van der Waals surface area contributed by atoms with Crippen molar-refractivity contribution in [1.29, 1.82) is 0 Å². The molecule has 2 aromatic rings. The van der Waals surface area contributed by atoms with Crippen LogP contribution in [0.1, 0.15) is 46.5 Å². The molecule has 1 nitrogen and oxygen atoms in total. The van der Waals surface area contributed by atoms with Gasteiger partial charge in [-0.15, -0.1) is 0 Å². The van der Waals surface area contributed by atoms with Gasteiger partial charge in [0.05, 0.1) is 6.10 Å². The van der Waals surface area contributed by atoms with E-state index in [-0.39, 0.29) is 0 Å². The first-order valence-electron chi connectivity index (χ1n) is 8.28. The summed E-state index contributed by atoms with van der Waals surface area (Å²) in [7, 11) is 0. The first-order chi connectivity index (χ1) is 10.4. The molecule has 0 aliphatic heterocycles. The highest BCUT2D eigenvalue weighted by Gasteiger charge is 2.30. The van der Waals surface area contributed by atoms with Gasteiger partial charge in [0.25, 0.3) is 0 Å². The summed E-state index contributed by atoms with van der Waals surface area (Å²) in [5.41, 5.74) is 0.434. The first-order valence-corrected chi connectivity index (χ1v) is 9.36. The van der Waals surface area contributed by atoms with Gasteiger partial charge in [0.15, 0.2) is 0 Å². The van der Waals surface area contributed by atoms with Crippen molar-refractivity contribution >= 4 is 33.4 Å². The fourth-order valence-electron chi connectivity index (χ4n) is 3.55. The number of ether oxygens (including phenoxy) is 1. The second-order valence-electron chi connectivity index (χ2n) is 7.58. The van der Waals surface area contributed by atoms with E-state index in [9.17, 15) is 0 Å². The lowest BCUT2D eigenvalue weighted by atomic mass is 9.72. The molecule has 0 heterocycles. The van der Waals surface area contributed by atoms with E-state index in [4.69, 9.17) is 4.74 Å². The van der Waals surface area contributed by atoms with E-state index in [0.29, 0.717) is 11.5 Å². The monoisotopic (exact) mass is 408 g/mol. The van der Waals surface area contributed by atoms with Crippen LogP contribution in [0.15, 0.2) is 36.4 Å². The van der Waals surface area contributed by atoms with Crippen LogP contribution in [0.3, 0.4) is 0 Å². The number of halogens is 1. The van der Waals surface area contributed by atoms with Crippen molar-refractivity contribution < 1.29 is 4.74 Å². The standard InChI is InChI=1S/C20H25IO/c1-20(2,3)15-8-10-16(11-9-15)22-17-12-14-6-4-5-7-18(14)19(21)13-17/h4-7,12-13,15-16H,8-11H2,1-3H3. The van der Waals surface area contributed by atoms with E-state index in [1.165, 1.54) is 40.0 Å². The lowest BCUT2D eigenvalue weighted by molar-refractivity contribution is 0.0883. The Labute approximate surface area is 147 Å². The second kappa shape index (κ2) is 6.38. The predicted octanol–water partition coefficient (Wildman–Crippen LogP) is 6.43. The maximum atomic E-state index is 6.30. The molecule has 1 aliphatic carbocycles. The molecule has 0 unspecified atom stereocenters. The molecule has 22 heavy (non-hydrogen) atoms. The SMILES string of the molecule is CC(C)(C)C1CCC(Oc2cc(I)c3ccccc3c2)CC1. The number of rotatable bonds is 2. The summed E-state index contributed by atoms with van der Waals surface area (Å²) in [6.45, 7) is 7.10. The van der Waals surface area contributed by atoms with Crippen molar-refractivity contribution in [2.24, 2.45) is 11.3 Å². The fraction of sp³-hybridized carbons (Fsp3) is 0.500. The average Bonchev–Trinajstić information content (AvgIpc) is 2.47. The molecule has 2 heteroatoms. The Kier molecular flexibility index (Phi) is 4.67. The van der Waals surface area contributed by atoms with E-state index in [1.807, 2.05) is 0 Å². The van der Waals surface area contributed by atoms with Crippen molar-refractivity contribution in [2.75, 3.05) is 0 Å². The van der Waals surface area contributed by atoms with Crippen molar-refractivity contribution in [3.05, 3.63) is 40.0 Å². The van der Waals surface area contributed by atoms with Crippen LogP contribution in [-0.4, -0.2) is 6.10 Å². The van der Waals surface area contributed by atoms with Crippen LogP contribution in [0, 0.1) is 14.9 Å². The summed E-state index contributed by atoms with van der Waals surface area (Å²) >= 11 is 2.41. The maximum Gasteiger partial charge on any atom is 0.121 e. The third-order valence-corrected chi connectivity index (χ3v) is 5.88. The molecule has 0 N–H and O–H groups in total. The van der Waals surface area contributed by atoms with E-state index >= 15 is 0 Å². The molecule has 0 saturated heterocycles. The number of hydrogen-bond acceptors (Lipinski definition) is 1. The fourth-order valence-corrected chi connectivity index (χ4v) is 4.34. The van der Waals surface area contributed by atoms with E-state index in [1.54, 1.807) is 0 Å². The largest absolute Gasteiger partial charge is 0.490 e. The van der Waals surface area contributed by atoms with Gasteiger partial charge in [-0.05, 0) is 82.5 Å². The van der Waals surface area contributed by atoms with Gasteiger partial charge in [-0.2, -0.15) is 0 Å². The van der Waals surface area contributed by atoms with Gasteiger partial charge >= 0.3 is 0 Å². The van der Waals surface area contributed by atoms with Crippen molar-refractivity contribution in [3.63, 3.8) is 0 Å². The zero-order chi connectivity index (χ0) is 15.7. The van der Waals surface area contributed by atoms with Crippen LogP contribution in [0.25, 0.3) is 10.8 Å². The summed E-state index contributed by atoms with van der Waals surface area (Å²) in [4.78, 5) is 0. The average molecular weight is 408 g/mol. The van der Waals surface area contributed by atoms with Gasteiger partial charge in [-0.3, -0.25) is 0 Å². The minimum atomic E-state index is 0.385. The highest BCUT2D eigenvalue weighted by molar-refractivity contribution is 14.1. The van der Waals surface area contributed by atoms with Crippen LogP contribution in [0.4, 0.5) is 0 Å². The predicted molar refractivity (Wildman–Crippen MR) is 102 cm³/mol. The number of fused-ring (bicyclic) bond motifs is 1. The molecule has 0 spiro atoms. The molecule has 2 aromatic carbocycles. The smallest absolute Gasteiger partial charge is 0.121 e. The molecule has 0 amide bonds. The normalized spacial score (nSPS) is 22.7. The Morgan fingerprint density at radius 1 is 1.00 bits per heavy atom. The summed E-state index contributed by atoms with van der Waals surface area (Å²) in [5, 5.41) is 2.58. The van der Waals surface area contributed by atoms with Crippen LogP contribution in [0.5, 0.6) is 5.75 Å². The number of benzene rings is 2. The molecular formula is C20H25IO. The van der Waals surface area contributed by atoms with Gasteiger partial charge in [0.1, 0.15) is 5.75 Å². The molecule has 1 saturated carbocycles. The molecule has 0 radical (unpaired) electrons. The van der Waals surface area contributed by atoms with Gasteiger partial charge in [0.2, 0.25) is 0 Å². The summed E-state index contributed by atoms with van der Waals surface area (Å²) in [5.74, 6) is 1.87. The van der Waals surface area contributed by atoms with E-state index in [2.05, 4.69) is 79.8 Å². The highest BCUT2D eigenvalue weighted by Crippen LogP contribution is 2.39. The van der Waals surface area contributed by atoms with Gasteiger partial charge in [-0.25, -0.2) is 0 Å². The Morgan fingerprint density at radius 3 is 2.36 bits per heavy atom. The van der Waals surface area contributed by atoms with Crippen LogP contribution >= 0.6 is 22.6 Å². The molecule has 0 bridgehead atoms. The third-order valence-electron chi connectivity index (χ3n) is 4.99. The van der Waals surface area contributed by atoms with Crippen molar-refractivity contribution in [1.82, 2.24) is 0 Å². The number of hydrogen-bond donors (Lipinski definition) is 0. The first kappa shape index (κ1) is 16.1. The molecule has 3 rings (SSSR count). The molecule has 1 aliphatic rings. The summed E-state index contributed by atoms with van der Waals surface area (Å²) < 4.78 is 7.57. The maximum absolute atomic E-state index is 6.30. The zero-order valence-electron chi connectivity index (χ0n) is 13.7. The van der Waals surface area contributed by atoms with Crippen LogP contribution < -0.4 is 4.74 Å². The van der Waals surface area contributed by atoms with Crippen LogP contribution in [0.2, 0.25) is 0 Å². The van der Waals surface area contributed by atoms with Crippen molar-refractivity contribution in [2.45, 2.75) is 52.6 Å². The molecule has 0 aromatic heterocycles. The highest BCUT2D eigenvalue weighted by atomic mass is 127. The summed E-state index contributed by atoms with van der Waals surface area (Å²) in [6, 6.07) is 12.9. The van der Waals surface area contributed by atoms with Gasteiger partial charge in [-0.1, -0.05) is 45.0 Å². The second-order valence-corrected chi connectivity index (χ2v) is 8.75.